The molecular weight excluding hydrogens is 1410 g/mol. The van der Waals surface area contributed by atoms with Crippen molar-refractivity contribution in [2.24, 2.45) is 17.2 Å². The van der Waals surface area contributed by atoms with Crippen LogP contribution in [0.2, 0.25) is 0 Å². The average molecular weight is 1490 g/mol. The van der Waals surface area contributed by atoms with Gasteiger partial charge in [-0.25, -0.2) is 16.8 Å². The first kappa shape index (κ1) is 74.2. The number of hydrogen-bond donors (Lipinski definition) is 3. The van der Waals surface area contributed by atoms with Gasteiger partial charge in [-0.15, -0.1) is 0 Å². The van der Waals surface area contributed by atoms with Crippen molar-refractivity contribution in [1.29, 1.82) is 0 Å². The predicted octanol–water partition coefficient (Wildman–Crippen LogP) is 11.3. The molecule has 0 saturated carbocycles. The monoisotopic (exact) mass is 1490 g/mol. The van der Waals surface area contributed by atoms with Gasteiger partial charge in [0, 0.05) is 124 Å². The van der Waals surface area contributed by atoms with Gasteiger partial charge >= 0.3 is 0 Å². The molecule has 0 bridgehead atoms. The van der Waals surface area contributed by atoms with Gasteiger partial charge in [0.25, 0.3) is 27.7 Å². The first-order chi connectivity index (χ1) is 52.7. The number of hydrogen-bond acceptors (Lipinski definition) is 14. The zero-order chi connectivity index (χ0) is 76.1. The lowest BCUT2D eigenvalue weighted by molar-refractivity contribution is -0.116. The summed E-state index contributed by atoms with van der Waals surface area (Å²) in [4.78, 5) is 59.3. The minimum atomic E-state index is -3.75. The van der Waals surface area contributed by atoms with Crippen LogP contribution in [0.1, 0.15) is 144 Å². The maximum atomic E-state index is 13.7. The molecule has 6 N–H and O–H groups in total. The molecule has 7 aromatic carbocycles. The van der Waals surface area contributed by atoms with Crippen molar-refractivity contribution in [2.45, 2.75) is 86.2 Å². The number of amides is 4. The third kappa shape index (κ3) is 15.6. The first-order valence-corrected chi connectivity index (χ1v) is 39.7. The molecule has 16 rings (SSSR count). The minimum absolute atomic E-state index is 0.0388. The topological polar surface area (TPSA) is 273 Å². The lowest BCUT2D eigenvalue weighted by Crippen LogP contribution is -2.47. The molecular formula is C87H83N9O11S2. The number of piperidine rings is 3. The Bertz CT molecular complexity index is 5510. The molecule has 109 heavy (non-hydrogen) atoms. The zero-order valence-electron chi connectivity index (χ0n) is 60.7. The van der Waals surface area contributed by atoms with Crippen molar-refractivity contribution in [2.75, 3.05) is 78.7 Å². The second-order valence-corrected chi connectivity index (χ2v) is 32.2. The Morgan fingerprint density at radius 1 is 0.385 bits per heavy atom. The van der Waals surface area contributed by atoms with E-state index in [1.54, 1.807) is 83.5 Å². The molecule has 0 unspecified atom stereocenters. The van der Waals surface area contributed by atoms with Crippen molar-refractivity contribution in [1.82, 2.24) is 14.7 Å². The van der Waals surface area contributed by atoms with Crippen LogP contribution >= 0.6 is 0 Å². The highest BCUT2D eigenvalue weighted by Gasteiger charge is 2.51. The number of carbonyl (C=O) groups excluding carboxylic acids is 4. The predicted molar refractivity (Wildman–Crippen MR) is 418 cm³/mol. The number of anilines is 3. The third-order valence-electron chi connectivity index (χ3n) is 21.7. The van der Waals surface area contributed by atoms with Gasteiger partial charge < -0.3 is 50.1 Å². The van der Waals surface area contributed by atoms with E-state index in [-0.39, 0.29) is 50.9 Å². The second-order valence-electron chi connectivity index (χ2n) is 28.4. The van der Waals surface area contributed by atoms with Gasteiger partial charge in [0.15, 0.2) is 34.6 Å². The van der Waals surface area contributed by atoms with E-state index in [2.05, 4.69) is 41.6 Å². The highest BCUT2D eigenvalue weighted by molar-refractivity contribution is 7.93. The van der Waals surface area contributed by atoms with E-state index in [1.807, 2.05) is 149 Å². The molecule has 0 aliphatic carbocycles. The highest BCUT2D eigenvalue weighted by atomic mass is 32.2. The number of fused-ring (bicyclic) bond motifs is 6. The number of sulfonamides is 2. The van der Waals surface area contributed by atoms with Gasteiger partial charge in [-0.3, -0.25) is 27.8 Å². The second kappa shape index (κ2) is 31.3. The summed E-state index contributed by atoms with van der Waals surface area (Å²) >= 11 is 0. The van der Waals surface area contributed by atoms with Crippen LogP contribution in [0.4, 0.5) is 17.1 Å². The van der Waals surface area contributed by atoms with Gasteiger partial charge in [0.05, 0.1) is 22.5 Å². The Morgan fingerprint density at radius 3 is 1.04 bits per heavy atom. The van der Waals surface area contributed by atoms with Gasteiger partial charge in [-0.05, 0) is 193 Å². The summed E-state index contributed by atoms with van der Waals surface area (Å²) in [6.45, 7) is 7.37. The van der Waals surface area contributed by atoms with E-state index in [0.29, 0.717) is 133 Å². The number of furan rings is 3. The average Bonchev–Trinajstić information content (AvgIpc) is 1.58. The molecule has 4 amide bonds. The summed E-state index contributed by atoms with van der Waals surface area (Å²) in [5, 5.41) is 0. The Kier molecular flexibility index (Phi) is 21.3. The van der Waals surface area contributed by atoms with Crippen molar-refractivity contribution in [3.63, 3.8) is 0 Å². The molecule has 20 nitrogen and oxygen atoms in total. The molecule has 0 atom stereocenters. The molecule has 9 heterocycles. The smallest absolute Gasteiger partial charge is 0.289 e. The molecule has 3 spiro atoms. The highest BCUT2D eigenvalue weighted by Crippen LogP contribution is 2.52. The molecule has 0 radical (unpaired) electrons. The van der Waals surface area contributed by atoms with Crippen LogP contribution in [0, 0.1) is 35.5 Å². The van der Waals surface area contributed by atoms with Gasteiger partial charge in [0.1, 0.15) is 0 Å². The Hall–Kier alpha value is -11.7. The maximum Gasteiger partial charge on any atom is 0.289 e. The molecule has 10 aromatic rings. The first-order valence-electron chi connectivity index (χ1n) is 36.4. The minimum Gasteiger partial charge on any atom is -0.443 e. The van der Waals surface area contributed by atoms with E-state index in [1.165, 1.54) is 20.4 Å². The summed E-state index contributed by atoms with van der Waals surface area (Å²) in [7, 11) is -7.16. The Labute approximate surface area is 635 Å². The number of rotatable bonds is 9. The molecule has 22 heteroatoms. The maximum absolute atomic E-state index is 13.7. The fourth-order valence-electron chi connectivity index (χ4n) is 15.6. The Balaban J connectivity index is 0.000000137. The Morgan fingerprint density at radius 2 is 0.697 bits per heavy atom. The molecule has 3 aromatic heterocycles. The van der Waals surface area contributed by atoms with Crippen molar-refractivity contribution >= 4 is 60.7 Å². The lowest BCUT2D eigenvalue weighted by atomic mass is 9.74. The summed E-state index contributed by atoms with van der Waals surface area (Å²) in [5.41, 5.74) is 28.0. The van der Waals surface area contributed by atoms with Crippen LogP contribution in [0.15, 0.2) is 230 Å². The van der Waals surface area contributed by atoms with Gasteiger partial charge in [0.2, 0.25) is 15.9 Å². The number of benzene rings is 7. The third-order valence-corrected chi connectivity index (χ3v) is 24.6. The van der Waals surface area contributed by atoms with Crippen molar-refractivity contribution in [3.05, 3.63) is 297 Å². The van der Waals surface area contributed by atoms with Crippen LogP contribution < -0.4 is 30.7 Å². The molecule has 6 aliphatic heterocycles. The fraction of sp³-hybridized carbons (Fsp3) is 0.264. The van der Waals surface area contributed by atoms with Crippen LogP contribution in [0.5, 0.6) is 0 Å². The number of likely N-dealkylation sites (tertiary alicyclic amines) is 3. The summed E-state index contributed by atoms with van der Waals surface area (Å²) in [5.74, 6) is 19.7. The summed E-state index contributed by atoms with van der Waals surface area (Å²) in [6.07, 6.45) is 5.38. The quantitative estimate of drug-likeness (QED) is 0.113. The number of nitrogens with zero attached hydrogens (tertiary/aromatic N) is 6. The molecule has 3 saturated heterocycles. The van der Waals surface area contributed by atoms with E-state index in [9.17, 15) is 36.0 Å². The largest absolute Gasteiger partial charge is 0.443 e. The molecule has 3 fully saturated rings. The summed E-state index contributed by atoms with van der Waals surface area (Å²) in [6, 6.07) is 65.2. The lowest BCUT2D eigenvalue weighted by Gasteiger charge is -2.39. The summed E-state index contributed by atoms with van der Waals surface area (Å²) < 4.78 is 72.6. The van der Waals surface area contributed by atoms with Crippen LogP contribution in [-0.4, -0.2) is 120 Å². The van der Waals surface area contributed by atoms with Crippen LogP contribution in [0.25, 0.3) is 0 Å². The van der Waals surface area contributed by atoms with E-state index < -0.39 is 25.5 Å². The van der Waals surface area contributed by atoms with Gasteiger partial charge in [-0.2, -0.15) is 0 Å². The van der Waals surface area contributed by atoms with E-state index >= 15 is 0 Å². The zero-order valence-corrected chi connectivity index (χ0v) is 62.3. The van der Waals surface area contributed by atoms with Crippen molar-refractivity contribution < 1.29 is 49.3 Å². The van der Waals surface area contributed by atoms with E-state index in [0.717, 1.165) is 68.7 Å². The van der Waals surface area contributed by atoms with E-state index in [4.69, 9.17) is 30.5 Å². The molecule has 6 aliphatic rings. The number of nitrogens with two attached hydrogens (primary N) is 3. The standard InChI is InChI=1S/C32H29N3O4S.C28H27N3O3.C27H27N3O4S/c33-22-25-12-15-29-28(21-25)32(23-35(29)40(37,38)27-9-5-2-6-10-27)17-19-34(20-18-32)31(36)30-16-14-26(39-30)13-11-24-7-3-1-4-8-24;1-20(32)31-19-28(24-17-22(18-29)8-11-25(24)31)13-15-30(16-14-28)27(33)26-12-10-23(34-26)9-7-21-5-3-2-4-6-21;1-35(32,33)30-19-27(23-17-21(18-28)8-11-24(23)30)13-15-29(16-14-27)26(31)25-12-10-22(34-25)9-7-20-5-3-2-4-6-20/h1-10,12,14-16,21H,17-20,22-23,33H2;2-6,8,10-12,17H,13-16,18-19,29H2,1H3;2-6,8,10-12,17H,13-16,18-19,28H2,1H3. The normalized spacial score (nSPS) is 16.2. The SMILES string of the molecule is CC(=O)N1CC2(CCN(C(=O)c3ccc(C#Cc4ccccc4)o3)CC2)c2cc(CN)ccc21.CS(=O)(=O)N1CC2(CCN(C(=O)c3ccc(C#Cc4ccccc4)o3)CC2)c2cc(CN)ccc21.NCc1ccc2c(c1)C1(CCN(C(=O)c3ccc(C#Cc4ccccc4)o3)CC1)CN2S(=O)(=O)c1ccccc1. The molecule has 554 valence electrons. The van der Waals surface area contributed by atoms with Crippen molar-refractivity contribution in [3.8, 4) is 35.5 Å². The van der Waals surface area contributed by atoms with Crippen LogP contribution in [0.3, 0.4) is 0 Å². The van der Waals surface area contributed by atoms with Gasteiger partial charge in [-0.1, -0.05) is 127 Å². The fourth-order valence-corrected chi connectivity index (χ4v) is 18.2. The number of carbonyl (C=O) groups is 4. The van der Waals surface area contributed by atoms with Crippen LogP contribution in [-0.2, 0) is 60.7 Å².